The molecule has 0 atom stereocenters. The van der Waals surface area contributed by atoms with E-state index in [4.69, 9.17) is 10.5 Å². The van der Waals surface area contributed by atoms with Gasteiger partial charge in [0.1, 0.15) is 11.5 Å². The zero-order valence-electron chi connectivity index (χ0n) is 15.5. The standard InChI is InChI=1S/C20H17F3N4O3/c21-20(22,23)30-16-6-2-4-14(10-16)18(28)25-8-7-13-3-1-5-15(9-13)29-17-11-26-19(24)27-12-17/h1-6,9-12H,7-8H2,(H,25,28)(H2,24,26,27). The Balaban J connectivity index is 1.54. The van der Waals surface area contributed by atoms with Crippen molar-refractivity contribution in [2.45, 2.75) is 12.8 Å². The number of anilines is 1. The molecule has 0 spiro atoms. The lowest BCUT2D eigenvalue weighted by Gasteiger charge is -2.11. The molecule has 0 bridgehead atoms. The van der Waals surface area contributed by atoms with Gasteiger partial charge in [-0.05, 0) is 42.3 Å². The average Bonchev–Trinajstić information content (AvgIpc) is 2.69. The fourth-order valence-corrected chi connectivity index (χ4v) is 2.54. The number of aromatic nitrogens is 2. The van der Waals surface area contributed by atoms with Gasteiger partial charge in [-0.3, -0.25) is 4.79 Å². The number of nitrogens with zero attached hydrogens (tertiary/aromatic N) is 2. The number of amides is 1. The van der Waals surface area contributed by atoms with Crippen molar-refractivity contribution in [3.8, 4) is 17.2 Å². The van der Waals surface area contributed by atoms with Crippen LogP contribution in [-0.2, 0) is 6.42 Å². The molecular formula is C20H17F3N4O3. The van der Waals surface area contributed by atoms with E-state index in [1.165, 1.54) is 24.5 Å². The van der Waals surface area contributed by atoms with Crippen LogP contribution in [0.5, 0.6) is 17.2 Å². The van der Waals surface area contributed by atoms with Crippen molar-refractivity contribution in [2.24, 2.45) is 0 Å². The van der Waals surface area contributed by atoms with Crippen LogP contribution in [0, 0.1) is 0 Å². The first-order valence-corrected chi connectivity index (χ1v) is 8.77. The summed E-state index contributed by atoms with van der Waals surface area (Å²) in [6, 6.07) is 12.1. The van der Waals surface area contributed by atoms with E-state index in [1.54, 1.807) is 18.2 Å². The maximum absolute atomic E-state index is 12.3. The minimum atomic E-state index is -4.82. The lowest BCUT2D eigenvalue weighted by molar-refractivity contribution is -0.274. The van der Waals surface area contributed by atoms with E-state index in [2.05, 4.69) is 20.0 Å². The van der Waals surface area contributed by atoms with Crippen molar-refractivity contribution in [3.63, 3.8) is 0 Å². The van der Waals surface area contributed by atoms with Crippen LogP contribution in [-0.4, -0.2) is 28.8 Å². The molecule has 1 amide bonds. The van der Waals surface area contributed by atoms with Crippen LogP contribution in [0.4, 0.5) is 19.1 Å². The number of rotatable bonds is 7. The second kappa shape index (κ2) is 9.12. The number of ether oxygens (including phenoxy) is 2. The van der Waals surface area contributed by atoms with Crippen LogP contribution in [0.15, 0.2) is 60.9 Å². The lowest BCUT2D eigenvalue weighted by Crippen LogP contribution is -2.26. The zero-order valence-corrected chi connectivity index (χ0v) is 15.5. The number of carbonyl (C=O) groups excluding carboxylic acids is 1. The summed E-state index contributed by atoms with van der Waals surface area (Å²) in [6.45, 7) is 0.275. The van der Waals surface area contributed by atoms with Crippen molar-refractivity contribution < 1.29 is 27.4 Å². The number of nitrogens with one attached hydrogen (secondary N) is 1. The van der Waals surface area contributed by atoms with E-state index in [-0.39, 0.29) is 18.1 Å². The molecule has 3 aromatic rings. The van der Waals surface area contributed by atoms with Crippen LogP contribution in [0.2, 0.25) is 0 Å². The third-order valence-electron chi connectivity index (χ3n) is 3.81. The second-order valence-electron chi connectivity index (χ2n) is 6.11. The molecule has 10 heteroatoms. The summed E-state index contributed by atoms with van der Waals surface area (Å²) in [6.07, 6.45) is -1.43. The van der Waals surface area contributed by atoms with Crippen molar-refractivity contribution in [3.05, 3.63) is 72.1 Å². The normalized spacial score (nSPS) is 11.0. The number of nitrogen functional groups attached to an aromatic ring is 1. The van der Waals surface area contributed by atoms with Crippen LogP contribution < -0.4 is 20.5 Å². The van der Waals surface area contributed by atoms with Crippen molar-refractivity contribution in [2.75, 3.05) is 12.3 Å². The Morgan fingerprint density at radius 3 is 2.43 bits per heavy atom. The summed E-state index contributed by atoms with van der Waals surface area (Å²) in [5, 5.41) is 2.66. The number of hydrogen-bond acceptors (Lipinski definition) is 6. The predicted molar refractivity (Wildman–Crippen MR) is 102 cm³/mol. The Labute approximate surface area is 169 Å². The Morgan fingerprint density at radius 1 is 1.00 bits per heavy atom. The van der Waals surface area contributed by atoms with E-state index < -0.39 is 18.0 Å². The molecule has 3 rings (SSSR count). The van der Waals surface area contributed by atoms with Gasteiger partial charge in [-0.2, -0.15) is 0 Å². The number of halogens is 3. The molecule has 0 aliphatic rings. The van der Waals surface area contributed by atoms with Gasteiger partial charge in [-0.1, -0.05) is 18.2 Å². The topological polar surface area (TPSA) is 99.4 Å². The summed E-state index contributed by atoms with van der Waals surface area (Å²) >= 11 is 0. The molecule has 0 fully saturated rings. The number of hydrogen-bond donors (Lipinski definition) is 2. The molecule has 30 heavy (non-hydrogen) atoms. The van der Waals surface area contributed by atoms with Crippen LogP contribution >= 0.6 is 0 Å². The molecule has 0 aliphatic heterocycles. The largest absolute Gasteiger partial charge is 0.573 e. The molecule has 7 nitrogen and oxygen atoms in total. The molecule has 1 aromatic heterocycles. The summed E-state index contributed by atoms with van der Waals surface area (Å²) in [5.74, 6) is 0.169. The average molecular weight is 418 g/mol. The molecule has 0 aliphatic carbocycles. The van der Waals surface area contributed by atoms with E-state index in [0.29, 0.717) is 17.9 Å². The molecule has 3 N–H and O–H groups in total. The predicted octanol–water partition coefficient (Wildman–Crippen LogP) is 3.72. The fraction of sp³-hybridized carbons (Fsp3) is 0.150. The third-order valence-corrected chi connectivity index (χ3v) is 3.81. The Morgan fingerprint density at radius 2 is 1.70 bits per heavy atom. The Kier molecular flexibility index (Phi) is 6.35. The number of alkyl halides is 3. The molecule has 0 radical (unpaired) electrons. The van der Waals surface area contributed by atoms with Gasteiger partial charge in [0.05, 0.1) is 12.4 Å². The van der Waals surface area contributed by atoms with E-state index in [1.807, 2.05) is 6.07 Å². The summed E-state index contributed by atoms with van der Waals surface area (Å²) in [4.78, 5) is 19.9. The highest BCUT2D eigenvalue weighted by Crippen LogP contribution is 2.23. The minimum absolute atomic E-state index is 0.0668. The Bertz CT molecular complexity index is 1010. The number of benzene rings is 2. The summed E-state index contributed by atoms with van der Waals surface area (Å²) in [5.41, 5.74) is 6.39. The van der Waals surface area contributed by atoms with Crippen molar-refractivity contribution in [1.29, 1.82) is 0 Å². The molecule has 2 aromatic carbocycles. The second-order valence-corrected chi connectivity index (χ2v) is 6.11. The molecule has 1 heterocycles. The van der Waals surface area contributed by atoms with Crippen molar-refractivity contribution >= 4 is 11.9 Å². The van der Waals surface area contributed by atoms with E-state index in [0.717, 1.165) is 17.7 Å². The smallest absolute Gasteiger partial charge is 0.454 e. The van der Waals surface area contributed by atoms with Crippen LogP contribution in [0.3, 0.4) is 0 Å². The highest BCUT2D eigenvalue weighted by Gasteiger charge is 2.31. The molecular weight excluding hydrogens is 401 g/mol. The lowest BCUT2D eigenvalue weighted by atomic mass is 10.1. The highest BCUT2D eigenvalue weighted by atomic mass is 19.4. The molecule has 0 saturated carbocycles. The fourth-order valence-electron chi connectivity index (χ4n) is 2.54. The van der Waals surface area contributed by atoms with Gasteiger partial charge >= 0.3 is 6.36 Å². The van der Waals surface area contributed by atoms with E-state index in [9.17, 15) is 18.0 Å². The van der Waals surface area contributed by atoms with Gasteiger partial charge in [0, 0.05) is 12.1 Å². The maximum atomic E-state index is 12.3. The van der Waals surface area contributed by atoms with Gasteiger partial charge in [0.15, 0.2) is 5.75 Å². The summed E-state index contributed by atoms with van der Waals surface area (Å²) in [7, 11) is 0. The van der Waals surface area contributed by atoms with Crippen LogP contribution in [0.25, 0.3) is 0 Å². The van der Waals surface area contributed by atoms with Gasteiger partial charge in [-0.15, -0.1) is 13.2 Å². The monoisotopic (exact) mass is 418 g/mol. The molecule has 156 valence electrons. The minimum Gasteiger partial charge on any atom is -0.454 e. The van der Waals surface area contributed by atoms with Gasteiger partial charge < -0.3 is 20.5 Å². The van der Waals surface area contributed by atoms with Gasteiger partial charge in [0.2, 0.25) is 5.95 Å². The first-order valence-electron chi connectivity index (χ1n) is 8.77. The Hall–Kier alpha value is -3.82. The first kappa shape index (κ1) is 20.9. The zero-order chi connectivity index (χ0) is 21.6. The first-order chi connectivity index (χ1) is 14.3. The quantitative estimate of drug-likeness (QED) is 0.607. The molecule has 0 saturated heterocycles. The SMILES string of the molecule is Nc1ncc(Oc2cccc(CCNC(=O)c3cccc(OC(F)(F)F)c3)c2)cn1. The maximum Gasteiger partial charge on any atom is 0.573 e. The highest BCUT2D eigenvalue weighted by molar-refractivity contribution is 5.94. The van der Waals surface area contributed by atoms with E-state index >= 15 is 0 Å². The molecule has 0 unspecified atom stereocenters. The van der Waals surface area contributed by atoms with Gasteiger partial charge in [0.25, 0.3) is 5.91 Å². The number of nitrogens with two attached hydrogens (primary N) is 1. The number of carbonyl (C=O) groups is 1. The summed E-state index contributed by atoms with van der Waals surface area (Å²) < 4.78 is 46.4. The third kappa shape index (κ3) is 6.36. The van der Waals surface area contributed by atoms with Crippen molar-refractivity contribution in [1.82, 2.24) is 15.3 Å². The van der Waals surface area contributed by atoms with Gasteiger partial charge in [-0.25, -0.2) is 9.97 Å². The van der Waals surface area contributed by atoms with Crippen LogP contribution in [0.1, 0.15) is 15.9 Å².